The summed E-state index contributed by atoms with van der Waals surface area (Å²) in [4.78, 5) is 16.4. The van der Waals surface area contributed by atoms with Crippen molar-refractivity contribution < 1.29 is 13.6 Å². The second kappa shape index (κ2) is 5.77. The molecule has 3 heterocycles. The number of hydrogen-bond acceptors (Lipinski definition) is 3. The Hall–Kier alpha value is -3.09. The first-order valence-corrected chi connectivity index (χ1v) is 7.78. The number of pyridine rings is 1. The maximum Gasteiger partial charge on any atom is 0.226 e. The standard InChI is InChI=1S/C18H14F2N4O/c1-24-18-16(17(23-24)13-7-2-3-8-21-13)10(9-14(25)22-18)15-11(19)5-4-6-12(15)20/h2-8,10H,9H2,1H3,(H,22,25). The van der Waals surface area contributed by atoms with E-state index in [1.165, 1.54) is 22.9 Å². The van der Waals surface area contributed by atoms with Gasteiger partial charge < -0.3 is 5.32 Å². The molecule has 0 fully saturated rings. The predicted octanol–water partition coefficient (Wildman–Crippen LogP) is 3.23. The number of rotatable bonds is 2. The van der Waals surface area contributed by atoms with Gasteiger partial charge in [-0.05, 0) is 24.3 Å². The lowest BCUT2D eigenvalue weighted by Gasteiger charge is -2.24. The summed E-state index contributed by atoms with van der Waals surface area (Å²) in [6.07, 6.45) is 1.56. The number of nitrogens with one attached hydrogen (secondary N) is 1. The third kappa shape index (κ3) is 2.48. The topological polar surface area (TPSA) is 59.8 Å². The molecule has 0 bridgehead atoms. The van der Waals surface area contributed by atoms with Crippen molar-refractivity contribution in [2.24, 2.45) is 7.05 Å². The molecule has 1 unspecified atom stereocenters. The van der Waals surface area contributed by atoms with Gasteiger partial charge in [0.15, 0.2) is 0 Å². The Balaban J connectivity index is 1.98. The van der Waals surface area contributed by atoms with E-state index >= 15 is 0 Å². The van der Waals surface area contributed by atoms with Gasteiger partial charge in [-0.1, -0.05) is 12.1 Å². The van der Waals surface area contributed by atoms with Crippen LogP contribution in [-0.4, -0.2) is 20.7 Å². The summed E-state index contributed by atoms with van der Waals surface area (Å²) in [6.45, 7) is 0. The normalized spacial score (nSPS) is 16.4. The number of carbonyl (C=O) groups is 1. The number of amides is 1. The number of nitrogens with zero attached hydrogens (tertiary/aromatic N) is 3. The first-order chi connectivity index (χ1) is 12.1. The highest BCUT2D eigenvalue weighted by Crippen LogP contribution is 2.43. The van der Waals surface area contributed by atoms with Crippen LogP contribution >= 0.6 is 0 Å². The van der Waals surface area contributed by atoms with Crippen molar-refractivity contribution in [1.82, 2.24) is 14.8 Å². The van der Waals surface area contributed by atoms with Crippen LogP contribution in [0, 0.1) is 11.6 Å². The Kier molecular flexibility index (Phi) is 3.56. The lowest BCUT2D eigenvalue weighted by atomic mass is 9.84. The van der Waals surface area contributed by atoms with Crippen molar-refractivity contribution in [3.63, 3.8) is 0 Å². The fraction of sp³-hybridized carbons (Fsp3) is 0.167. The number of aryl methyl sites for hydroxylation is 1. The smallest absolute Gasteiger partial charge is 0.226 e. The minimum Gasteiger partial charge on any atom is -0.311 e. The minimum absolute atomic E-state index is 0.0591. The zero-order chi connectivity index (χ0) is 17.6. The minimum atomic E-state index is -0.768. The third-order valence-electron chi connectivity index (χ3n) is 4.34. The Morgan fingerprint density at radius 2 is 1.88 bits per heavy atom. The Morgan fingerprint density at radius 3 is 2.56 bits per heavy atom. The van der Waals surface area contributed by atoms with Crippen LogP contribution in [0.3, 0.4) is 0 Å². The van der Waals surface area contributed by atoms with Gasteiger partial charge in [0.1, 0.15) is 23.1 Å². The summed E-state index contributed by atoms with van der Waals surface area (Å²) in [6, 6.07) is 9.05. The number of aromatic nitrogens is 3. The van der Waals surface area contributed by atoms with Crippen LogP contribution in [0.25, 0.3) is 11.4 Å². The zero-order valence-electron chi connectivity index (χ0n) is 13.3. The summed E-state index contributed by atoms with van der Waals surface area (Å²) in [5.41, 5.74) is 1.54. The molecule has 1 amide bonds. The van der Waals surface area contributed by atoms with E-state index in [-0.39, 0.29) is 17.9 Å². The molecule has 4 rings (SSSR count). The molecule has 3 aromatic rings. The average Bonchev–Trinajstić information content (AvgIpc) is 2.92. The van der Waals surface area contributed by atoms with Gasteiger partial charge in [-0.25, -0.2) is 8.78 Å². The van der Waals surface area contributed by atoms with Gasteiger partial charge in [-0.2, -0.15) is 5.10 Å². The summed E-state index contributed by atoms with van der Waals surface area (Å²) in [5, 5.41) is 7.17. The van der Waals surface area contributed by atoms with Gasteiger partial charge in [-0.15, -0.1) is 0 Å². The highest BCUT2D eigenvalue weighted by Gasteiger charge is 2.36. The Morgan fingerprint density at radius 1 is 1.12 bits per heavy atom. The molecule has 1 atom stereocenters. The van der Waals surface area contributed by atoms with Crippen LogP contribution in [0.2, 0.25) is 0 Å². The highest BCUT2D eigenvalue weighted by atomic mass is 19.1. The molecule has 1 aliphatic rings. The van der Waals surface area contributed by atoms with Crippen molar-refractivity contribution >= 4 is 11.7 Å². The summed E-state index contributed by atoms with van der Waals surface area (Å²) < 4.78 is 30.3. The molecule has 7 heteroatoms. The molecule has 1 aliphatic heterocycles. The summed E-state index contributed by atoms with van der Waals surface area (Å²) in [7, 11) is 1.67. The number of hydrogen-bond donors (Lipinski definition) is 1. The van der Waals surface area contributed by atoms with E-state index in [4.69, 9.17) is 0 Å². The molecule has 1 N–H and O–H groups in total. The second-order valence-corrected chi connectivity index (χ2v) is 5.89. The van der Waals surface area contributed by atoms with Crippen LogP contribution in [0.5, 0.6) is 0 Å². The molecule has 126 valence electrons. The predicted molar refractivity (Wildman–Crippen MR) is 87.9 cm³/mol. The molecule has 0 aliphatic carbocycles. The summed E-state index contributed by atoms with van der Waals surface area (Å²) in [5.74, 6) is -2.00. The van der Waals surface area contributed by atoms with E-state index < -0.39 is 17.6 Å². The first-order valence-electron chi connectivity index (χ1n) is 7.78. The maximum absolute atomic E-state index is 14.4. The van der Waals surface area contributed by atoms with Crippen LogP contribution in [0.1, 0.15) is 23.5 Å². The highest BCUT2D eigenvalue weighted by molar-refractivity contribution is 5.96. The van der Waals surface area contributed by atoms with E-state index in [0.29, 0.717) is 22.8 Å². The molecule has 0 saturated carbocycles. The maximum atomic E-state index is 14.4. The molecule has 2 aromatic heterocycles. The van der Waals surface area contributed by atoms with Crippen molar-refractivity contribution in [3.05, 3.63) is 65.4 Å². The average molecular weight is 340 g/mol. The van der Waals surface area contributed by atoms with Crippen molar-refractivity contribution in [2.75, 3.05) is 5.32 Å². The number of fused-ring (bicyclic) bond motifs is 1. The van der Waals surface area contributed by atoms with E-state index in [1.54, 1.807) is 25.4 Å². The van der Waals surface area contributed by atoms with Gasteiger partial charge >= 0.3 is 0 Å². The van der Waals surface area contributed by atoms with E-state index in [2.05, 4.69) is 15.4 Å². The molecule has 0 spiro atoms. The van der Waals surface area contributed by atoms with Crippen LogP contribution in [0.4, 0.5) is 14.6 Å². The van der Waals surface area contributed by atoms with Crippen molar-refractivity contribution in [3.8, 4) is 11.4 Å². The van der Waals surface area contributed by atoms with E-state index in [1.807, 2.05) is 6.07 Å². The van der Waals surface area contributed by atoms with Gasteiger partial charge in [0.25, 0.3) is 0 Å². The molecule has 0 radical (unpaired) electrons. The van der Waals surface area contributed by atoms with Crippen molar-refractivity contribution in [1.29, 1.82) is 0 Å². The Bertz CT molecular complexity index is 948. The molecule has 0 saturated heterocycles. The Labute approximate surface area is 142 Å². The lowest BCUT2D eigenvalue weighted by Crippen LogP contribution is -2.25. The SMILES string of the molecule is Cn1nc(-c2ccccn2)c2c1NC(=O)CC2c1c(F)cccc1F. The molecule has 1 aromatic carbocycles. The third-order valence-corrected chi connectivity index (χ3v) is 4.34. The quantitative estimate of drug-likeness (QED) is 0.779. The fourth-order valence-corrected chi connectivity index (χ4v) is 3.27. The van der Waals surface area contributed by atoms with E-state index in [9.17, 15) is 13.6 Å². The first kappa shape index (κ1) is 15.4. The van der Waals surface area contributed by atoms with Crippen LogP contribution in [0.15, 0.2) is 42.6 Å². The van der Waals surface area contributed by atoms with Crippen LogP contribution in [-0.2, 0) is 11.8 Å². The number of halogens is 2. The van der Waals surface area contributed by atoms with Crippen molar-refractivity contribution in [2.45, 2.75) is 12.3 Å². The lowest BCUT2D eigenvalue weighted by molar-refractivity contribution is -0.116. The summed E-state index contributed by atoms with van der Waals surface area (Å²) >= 11 is 0. The largest absolute Gasteiger partial charge is 0.311 e. The molecular weight excluding hydrogens is 326 g/mol. The van der Waals surface area contributed by atoms with E-state index in [0.717, 1.165) is 0 Å². The van der Waals surface area contributed by atoms with Gasteiger partial charge in [0, 0.05) is 36.7 Å². The molecule has 25 heavy (non-hydrogen) atoms. The zero-order valence-corrected chi connectivity index (χ0v) is 13.3. The second-order valence-electron chi connectivity index (χ2n) is 5.89. The van der Waals surface area contributed by atoms with Gasteiger partial charge in [0.2, 0.25) is 5.91 Å². The molecular formula is C18H14F2N4O. The number of anilines is 1. The van der Waals surface area contributed by atoms with Gasteiger partial charge in [-0.3, -0.25) is 14.5 Å². The number of carbonyl (C=O) groups excluding carboxylic acids is 1. The van der Waals surface area contributed by atoms with Gasteiger partial charge in [0.05, 0.1) is 5.69 Å². The fourth-order valence-electron chi connectivity index (χ4n) is 3.27. The number of benzene rings is 1. The monoisotopic (exact) mass is 340 g/mol. The molecule has 5 nitrogen and oxygen atoms in total. The van der Waals surface area contributed by atoms with Crippen LogP contribution < -0.4 is 5.32 Å².